The Morgan fingerprint density at radius 2 is 1.77 bits per heavy atom. The lowest BCUT2D eigenvalue weighted by Gasteiger charge is -2.15. The number of hydrogen-bond acceptors (Lipinski definition) is 3. The summed E-state index contributed by atoms with van der Waals surface area (Å²) in [6.07, 6.45) is 8.90. The SMILES string of the molecule is c1ccc2c(c1)CC(n1ncnc1CCCN1CCCC1)C2. The molecule has 1 aromatic carbocycles. The number of aryl methyl sites for hydroxylation is 1. The van der Waals surface area contributed by atoms with Crippen LogP contribution in [0.4, 0.5) is 0 Å². The van der Waals surface area contributed by atoms with Crippen LogP contribution in [0.2, 0.25) is 0 Å². The van der Waals surface area contributed by atoms with Gasteiger partial charge < -0.3 is 4.90 Å². The van der Waals surface area contributed by atoms with Gasteiger partial charge in [-0.15, -0.1) is 0 Å². The van der Waals surface area contributed by atoms with Crippen LogP contribution in [-0.4, -0.2) is 39.3 Å². The van der Waals surface area contributed by atoms with E-state index in [1.54, 1.807) is 6.33 Å². The summed E-state index contributed by atoms with van der Waals surface area (Å²) >= 11 is 0. The number of rotatable bonds is 5. The maximum absolute atomic E-state index is 4.52. The molecule has 22 heavy (non-hydrogen) atoms. The molecule has 4 heteroatoms. The predicted molar refractivity (Wildman–Crippen MR) is 86.9 cm³/mol. The first-order chi connectivity index (χ1) is 10.9. The summed E-state index contributed by atoms with van der Waals surface area (Å²) in [6, 6.07) is 9.24. The second kappa shape index (κ2) is 6.21. The summed E-state index contributed by atoms with van der Waals surface area (Å²) in [4.78, 5) is 7.10. The third kappa shape index (κ3) is 2.80. The van der Waals surface area contributed by atoms with E-state index in [4.69, 9.17) is 0 Å². The largest absolute Gasteiger partial charge is 0.303 e. The van der Waals surface area contributed by atoms with Crippen molar-refractivity contribution in [3.05, 3.63) is 47.5 Å². The van der Waals surface area contributed by atoms with Crippen molar-refractivity contribution in [3.8, 4) is 0 Å². The maximum Gasteiger partial charge on any atom is 0.138 e. The van der Waals surface area contributed by atoms with E-state index in [2.05, 4.69) is 43.9 Å². The normalized spacial score (nSPS) is 18.9. The summed E-state index contributed by atoms with van der Waals surface area (Å²) in [5.41, 5.74) is 2.96. The number of fused-ring (bicyclic) bond motifs is 1. The molecule has 2 aliphatic rings. The Kier molecular flexibility index (Phi) is 3.94. The van der Waals surface area contributed by atoms with Crippen molar-refractivity contribution in [1.29, 1.82) is 0 Å². The maximum atomic E-state index is 4.52. The lowest BCUT2D eigenvalue weighted by Crippen LogP contribution is -2.21. The fourth-order valence-corrected chi connectivity index (χ4v) is 3.93. The van der Waals surface area contributed by atoms with Crippen molar-refractivity contribution in [3.63, 3.8) is 0 Å². The van der Waals surface area contributed by atoms with Crippen LogP contribution in [0.5, 0.6) is 0 Å². The zero-order valence-corrected chi connectivity index (χ0v) is 13.1. The summed E-state index contributed by atoms with van der Waals surface area (Å²) < 4.78 is 2.18. The molecule has 1 fully saturated rings. The van der Waals surface area contributed by atoms with Crippen molar-refractivity contribution in [2.45, 2.75) is 44.6 Å². The Morgan fingerprint density at radius 3 is 2.50 bits per heavy atom. The average Bonchev–Trinajstić information content (AvgIpc) is 3.27. The van der Waals surface area contributed by atoms with Gasteiger partial charge in [0.2, 0.25) is 0 Å². The van der Waals surface area contributed by atoms with Crippen molar-refractivity contribution in [2.24, 2.45) is 0 Å². The van der Waals surface area contributed by atoms with E-state index < -0.39 is 0 Å². The highest BCUT2D eigenvalue weighted by Crippen LogP contribution is 2.30. The monoisotopic (exact) mass is 296 g/mol. The molecule has 1 saturated heterocycles. The lowest BCUT2D eigenvalue weighted by atomic mass is 10.1. The van der Waals surface area contributed by atoms with E-state index in [0.29, 0.717) is 6.04 Å². The Bertz CT molecular complexity index is 603. The molecule has 0 amide bonds. The minimum absolute atomic E-state index is 0.460. The standard InChI is InChI=1S/C18H24N4/c1-2-7-16-13-17(12-15(16)6-1)22-18(19-14-20-22)8-5-11-21-9-3-4-10-21/h1-2,6-7,14,17H,3-5,8-13H2. The average molecular weight is 296 g/mol. The van der Waals surface area contributed by atoms with E-state index in [1.807, 2.05) is 0 Å². The minimum Gasteiger partial charge on any atom is -0.303 e. The van der Waals surface area contributed by atoms with Gasteiger partial charge in [0.1, 0.15) is 12.2 Å². The van der Waals surface area contributed by atoms with Crippen LogP contribution in [0.1, 0.15) is 42.3 Å². The van der Waals surface area contributed by atoms with Gasteiger partial charge >= 0.3 is 0 Å². The molecule has 0 N–H and O–H groups in total. The molecule has 2 aromatic rings. The highest BCUT2D eigenvalue weighted by atomic mass is 15.3. The van der Waals surface area contributed by atoms with Crippen LogP contribution >= 0.6 is 0 Å². The van der Waals surface area contributed by atoms with Crippen LogP contribution in [-0.2, 0) is 19.3 Å². The molecule has 1 aliphatic carbocycles. The second-order valence-electron chi connectivity index (χ2n) is 6.60. The fraction of sp³-hybridized carbons (Fsp3) is 0.556. The van der Waals surface area contributed by atoms with Crippen molar-refractivity contribution in [2.75, 3.05) is 19.6 Å². The molecule has 0 radical (unpaired) electrons. The zero-order valence-electron chi connectivity index (χ0n) is 13.1. The van der Waals surface area contributed by atoms with E-state index in [1.165, 1.54) is 50.0 Å². The smallest absolute Gasteiger partial charge is 0.138 e. The lowest BCUT2D eigenvalue weighted by molar-refractivity contribution is 0.330. The fourth-order valence-electron chi connectivity index (χ4n) is 3.93. The first-order valence-electron chi connectivity index (χ1n) is 8.58. The highest BCUT2D eigenvalue weighted by Gasteiger charge is 2.25. The number of benzene rings is 1. The van der Waals surface area contributed by atoms with Crippen molar-refractivity contribution >= 4 is 0 Å². The Morgan fingerprint density at radius 1 is 1.05 bits per heavy atom. The van der Waals surface area contributed by atoms with Crippen LogP contribution in [0.15, 0.2) is 30.6 Å². The third-order valence-corrected chi connectivity index (χ3v) is 5.10. The number of hydrogen-bond donors (Lipinski definition) is 0. The molecule has 4 nitrogen and oxygen atoms in total. The van der Waals surface area contributed by atoms with E-state index in [-0.39, 0.29) is 0 Å². The molecule has 2 heterocycles. The molecule has 0 unspecified atom stereocenters. The number of likely N-dealkylation sites (tertiary alicyclic amines) is 1. The summed E-state index contributed by atoms with van der Waals surface area (Å²) in [5, 5.41) is 4.52. The number of nitrogens with zero attached hydrogens (tertiary/aromatic N) is 4. The van der Waals surface area contributed by atoms with Gasteiger partial charge in [0.25, 0.3) is 0 Å². The Labute approximate surface area is 132 Å². The summed E-state index contributed by atoms with van der Waals surface area (Å²) in [5.74, 6) is 1.16. The van der Waals surface area contributed by atoms with Gasteiger partial charge in [-0.1, -0.05) is 24.3 Å². The molecule has 0 atom stereocenters. The van der Waals surface area contributed by atoms with Gasteiger partial charge in [-0.25, -0.2) is 9.67 Å². The molecule has 1 aliphatic heterocycles. The summed E-state index contributed by atoms with van der Waals surface area (Å²) in [6.45, 7) is 3.77. The van der Waals surface area contributed by atoms with E-state index in [0.717, 1.165) is 25.1 Å². The number of aromatic nitrogens is 3. The van der Waals surface area contributed by atoms with Crippen LogP contribution in [0, 0.1) is 0 Å². The molecule has 0 bridgehead atoms. The van der Waals surface area contributed by atoms with Gasteiger partial charge in [0, 0.05) is 6.42 Å². The molecule has 116 valence electrons. The van der Waals surface area contributed by atoms with E-state index >= 15 is 0 Å². The van der Waals surface area contributed by atoms with Gasteiger partial charge in [-0.2, -0.15) is 5.10 Å². The second-order valence-corrected chi connectivity index (χ2v) is 6.60. The molecule has 0 spiro atoms. The van der Waals surface area contributed by atoms with Gasteiger partial charge in [0.15, 0.2) is 0 Å². The van der Waals surface area contributed by atoms with Crippen LogP contribution in [0.25, 0.3) is 0 Å². The topological polar surface area (TPSA) is 34.0 Å². The molecular weight excluding hydrogens is 272 g/mol. The van der Waals surface area contributed by atoms with Crippen LogP contribution in [0.3, 0.4) is 0 Å². The summed E-state index contributed by atoms with van der Waals surface area (Å²) in [7, 11) is 0. The Hall–Kier alpha value is -1.68. The molecule has 1 aromatic heterocycles. The Balaban J connectivity index is 1.38. The van der Waals surface area contributed by atoms with Gasteiger partial charge in [-0.05, 0) is 62.9 Å². The van der Waals surface area contributed by atoms with Gasteiger partial charge in [0.05, 0.1) is 6.04 Å². The first-order valence-corrected chi connectivity index (χ1v) is 8.58. The molecule has 4 rings (SSSR count). The van der Waals surface area contributed by atoms with E-state index in [9.17, 15) is 0 Å². The predicted octanol–water partition coefficient (Wildman–Crippen LogP) is 2.65. The van der Waals surface area contributed by atoms with Crippen molar-refractivity contribution in [1.82, 2.24) is 19.7 Å². The first kappa shape index (κ1) is 13.9. The van der Waals surface area contributed by atoms with Gasteiger partial charge in [-0.3, -0.25) is 0 Å². The molecular formula is C18H24N4. The van der Waals surface area contributed by atoms with Crippen molar-refractivity contribution < 1.29 is 0 Å². The van der Waals surface area contributed by atoms with Crippen LogP contribution < -0.4 is 0 Å². The third-order valence-electron chi connectivity index (χ3n) is 5.10. The quantitative estimate of drug-likeness (QED) is 0.850. The zero-order chi connectivity index (χ0) is 14.8. The molecule has 0 saturated carbocycles. The minimum atomic E-state index is 0.460. The highest BCUT2D eigenvalue weighted by molar-refractivity contribution is 5.32.